The van der Waals surface area contributed by atoms with Gasteiger partial charge in [0.25, 0.3) is 0 Å². The third kappa shape index (κ3) is 5.72. The summed E-state index contributed by atoms with van der Waals surface area (Å²) in [5.41, 5.74) is -0.766. The van der Waals surface area contributed by atoms with Gasteiger partial charge in [0, 0.05) is 0 Å². The van der Waals surface area contributed by atoms with Gasteiger partial charge in [-0.15, -0.1) is 0 Å². The van der Waals surface area contributed by atoms with Crippen molar-refractivity contribution in [3.63, 3.8) is 0 Å². The highest BCUT2D eigenvalue weighted by atomic mass is 35.5. The number of ether oxygens (including phenoxy) is 3. The number of methoxy groups -OCH3 is 1. The second kappa shape index (κ2) is 8.43. The molecule has 0 saturated carbocycles. The standard InChI is InChI=1S/C17H12ClF5O4/c1-25-15(24)10-4-9(5-12(6-10)27-16(19)20)8-26-14-3-2-11(7-13(14)18)17(21,22)23/h2-7,16H,8H2,1H3. The summed E-state index contributed by atoms with van der Waals surface area (Å²) in [6, 6.07) is 6.09. The number of hydrogen-bond acceptors (Lipinski definition) is 4. The Morgan fingerprint density at radius 1 is 1.15 bits per heavy atom. The van der Waals surface area contributed by atoms with E-state index < -0.39 is 24.3 Å². The topological polar surface area (TPSA) is 44.8 Å². The maximum absolute atomic E-state index is 12.6. The number of esters is 1. The first kappa shape index (κ1) is 20.8. The Bertz CT molecular complexity index is 823. The number of halogens is 6. The van der Waals surface area contributed by atoms with Crippen molar-refractivity contribution >= 4 is 17.6 Å². The van der Waals surface area contributed by atoms with E-state index >= 15 is 0 Å². The molecule has 2 aromatic carbocycles. The van der Waals surface area contributed by atoms with Crippen molar-refractivity contribution in [1.82, 2.24) is 0 Å². The third-order valence-electron chi connectivity index (χ3n) is 3.27. The van der Waals surface area contributed by atoms with Crippen LogP contribution in [-0.2, 0) is 17.5 Å². The van der Waals surface area contributed by atoms with Crippen molar-refractivity contribution in [1.29, 1.82) is 0 Å². The Labute approximate surface area is 155 Å². The van der Waals surface area contributed by atoms with Crippen molar-refractivity contribution in [3.8, 4) is 11.5 Å². The fraction of sp³-hybridized carbons (Fsp3) is 0.235. The molecule has 0 aliphatic carbocycles. The highest BCUT2D eigenvalue weighted by Gasteiger charge is 2.31. The van der Waals surface area contributed by atoms with E-state index in [1.54, 1.807) is 0 Å². The molecule has 0 N–H and O–H groups in total. The Balaban J connectivity index is 2.22. The van der Waals surface area contributed by atoms with Crippen molar-refractivity contribution in [3.05, 3.63) is 58.1 Å². The summed E-state index contributed by atoms with van der Waals surface area (Å²) in [4.78, 5) is 11.6. The highest BCUT2D eigenvalue weighted by molar-refractivity contribution is 6.32. The van der Waals surface area contributed by atoms with Crippen LogP contribution >= 0.6 is 11.6 Å². The zero-order chi connectivity index (χ0) is 20.2. The minimum atomic E-state index is -4.56. The maximum atomic E-state index is 12.6. The lowest BCUT2D eigenvalue weighted by Gasteiger charge is -2.13. The van der Waals surface area contributed by atoms with E-state index in [1.807, 2.05) is 0 Å². The maximum Gasteiger partial charge on any atom is 0.416 e. The lowest BCUT2D eigenvalue weighted by Crippen LogP contribution is -2.08. The molecule has 0 saturated heterocycles. The molecule has 0 fully saturated rings. The van der Waals surface area contributed by atoms with Gasteiger partial charge in [0.1, 0.15) is 18.1 Å². The quantitative estimate of drug-likeness (QED) is 0.477. The van der Waals surface area contributed by atoms with Crippen LogP contribution < -0.4 is 9.47 Å². The second-order valence-corrected chi connectivity index (χ2v) is 5.57. The molecule has 0 spiro atoms. The van der Waals surface area contributed by atoms with Crippen molar-refractivity contribution in [2.45, 2.75) is 19.4 Å². The monoisotopic (exact) mass is 410 g/mol. The van der Waals surface area contributed by atoms with Gasteiger partial charge in [0.2, 0.25) is 0 Å². The van der Waals surface area contributed by atoms with Crippen LogP contribution in [0.1, 0.15) is 21.5 Å². The molecule has 27 heavy (non-hydrogen) atoms. The number of carbonyl (C=O) groups is 1. The van der Waals surface area contributed by atoms with E-state index in [0.29, 0.717) is 6.07 Å². The first-order valence-electron chi connectivity index (χ1n) is 7.27. The molecule has 2 aromatic rings. The number of rotatable bonds is 6. The zero-order valence-corrected chi connectivity index (χ0v) is 14.4. The summed E-state index contributed by atoms with van der Waals surface area (Å²) in [6.45, 7) is -3.38. The van der Waals surface area contributed by atoms with Crippen LogP contribution in [0, 0.1) is 0 Å². The van der Waals surface area contributed by atoms with Crippen LogP contribution in [0.3, 0.4) is 0 Å². The van der Waals surface area contributed by atoms with E-state index in [1.165, 1.54) is 12.1 Å². The molecule has 146 valence electrons. The summed E-state index contributed by atoms with van der Waals surface area (Å²) >= 11 is 5.78. The van der Waals surface area contributed by atoms with Crippen LogP contribution in [0.4, 0.5) is 22.0 Å². The summed E-state index contributed by atoms with van der Waals surface area (Å²) in [5, 5.41) is -0.280. The first-order valence-corrected chi connectivity index (χ1v) is 7.64. The van der Waals surface area contributed by atoms with E-state index in [2.05, 4.69) is 9.47 Å². The lowest BCUT2D eigenvalue weighted by molar-refractivity contribution is -0.137. The van der Waals surface area contributed by atoms with Gasteiger partial charge in [-0.05, 0) is 42.0 Å². The number of benzene rings is 2. The Morgan fingerprint density at radius 3 is 2.41 bits per heavy atom. The lowest BCUT2D eigenvalue weighted by atomic mass is 10.1. The highest BCUT2D eigenvalue weighted by Crippen LogP contribution is 2.35. The van der Waals surface area contributed by atoms with Crippen LogP contribution in [0.15, 0.2) is 36.4 Å². The van der Waals surface area contributed by atoms with Crippen LogP contribution in [0.25, 0.3) is 0 Å². The van der Waals surface area contributed by atoms with E-state index in [0.717, 1.165) is 25.3 Å². The molecule has 10 heteroatoms. The van der Waals surface area contributed by atoms with Crippen molar-refractivity contribution < 1.29 is 41.0 Å². The van der Waals surface area contributed by atoms with Gasteiger partial charge in [-0.3, -0.25) is 0 Å². The summed E-state index contributed by atoms with van der Waals surface area (Å²) in [5.74, 6) is -1.14. The van der Waals surface area contributed by atoms with Gasteiger partial charge < -0.3 is 14.2 Å². The zero-order valence-electron chi connectivity index (χ0n) is 13.6. The largest absolute Gasteiger partial charge is 0.487 e. The average molecular weight is 411 g/mol. The van der Waals surface area contributed by atoms with E-state index in [9.17, 15) is 26.7 Å². The van der Waals surface area contributed by atoms with Crippen molar-refractivity contribution in [2.75, 3.05) is 7.11 Å². The van der Waals surface area contributed by atoms with E-state index in [-0.39, 0.29) is 34.3 Å². The fourth-order valence-corrected chi connectivity index (χ4v) is 2.34. The molecule has 2 rings (SSSR count). The molecule has 0 unspecified atom stereocenters. The molecule has 0 aliphatic rings. The van der Waals surface area contributed by atoms with Crippen molar-refractivity contribution in [2.24, 2.45) is 0 Å². The van der Waals surface area contributed by atoms with Gasteiger partial charge in [-0.2, -0.15) is 22.0 Å². The first-order chi connectivity index (χ1) is 12.6. The Kier molecular flexibility index (Phi) is 6.48. The molecule has 0 amide bonds. The molecular formula is C17H12ClF5O4. The van der Waals surface area contributed by atoms with Gasteiger partial charge in [-0.1, -0.05) is 11.6 Å². The van der Waals surface area contributed by atoms with E-state index in [4.69, 9.17) is 16.3 Å². The normalized spacial score (nSPS) is 11.4. The summed E-state index contributed by atoms with van der Waals surface area (Å²) < 4.78 is 76.9. The molecular weight excluding hydrogens is 399 g/mol. The van der Waals surface area contributed by atoms with Gasteiger partial charge in [0.05, 0.1) is 23.3 Å². The number of hydrogen-bond donors (Lipinski definition) is 0. The van der Waals surface area contributed by atoms with Gasteiger partial charge in [0.15, 0.2) is 0 Å². The number of alkyl halides is 5. The number of carbonyl (C=O) groups excluding carboxylic acids is 1. The summed E-state index contributed by atoms with van der Waals surface area (Å²) in [6.07, 6.45) is -4.56. The molecule has 0 atom stereocenters. The van der Waals surface area contributed by atoms with Crippen LogP contribution in [0.5, 0.6) is 11.5 Å². The molecule has 0 aromatic heterocycles. The predicted octanol–water partition coefficient (Wildman–Crippen LogP) is 5.33. The minimum absolute atomic E-state index is 0.0514. The van der Waals surface area contributed by atoms with Crippen LogP contribution in [-0.4, -0.2) is 19.7 Å². The molecule has 0 aliphatic heterocycles. The summed E-state index contributed by atoms with van der Waals surface area (Å²) in [7, 11) is 1.11. The molecule has 0 heterocycles. The van der Waals surface area contributed by atoms with Gasteiger partial charge >= 0.3 is 18.8 Å². The smallest absolute Gasteiger partial charge is 0.416 e. The minimum Gasteiger partial charge on any atom is -0.487 e. The van der Waals surface area contributed by atoms with Gasteiger partial charge in [-0.25, -0.2) is 4.79 Å². The second-order valence-electron chi connectivity index (χ2n) is 5.17. The average Bonchev–Trinajstić information content (AvgIpc) is 2.58. The molecule has 0 bridgehead atoms. The predicted molar refractivity (Wildman–Crippen MR) is 85.2 cm³/mol. The SMILES string of the molecule is COC(=O)c1cc(COc2ccc(C(F)(F)F)cc2Cl)cc(OC(F)F)c1. The fourth-order valence-electron chi connectivity index (χ4n) is 2.11. The Hall–Kier alpha value is -2.55. The van der Waals surface area contributed by atoms with Crippen LogP contribution in [0.2, 0.25) is 5.02 Å². The molecule has 4 nitrogen and oxygen atoms in total. The molecule has 0 radical (unpaired) electrons. The Morgan fingerprint density at radius 2 is 1.85 bits per heavy atom. The third-order valence-corrected chi connectivity index (χ3v) is 3.56.